The van der Waals surface area contributed by atoms with E-state index in [0.717, 1.165) is 11.6 Å². The van der Waals surface area contributed by atoms with Gasteiger partial charge in [-0.15, -0.1) is 0 Å². The predicted molar refractivity (Wildman–Crippen MR) is 124 cm³/mol. The molecular weight excluding hydrogens is 441 g/mol. The first-order chi connectivity index (χ1) is 16.3. The molecule has 1 heterocycles. The second kappa shape index (κ2) is 9.53. The largest absolute Gasteiger partial charge is 0.497 e. The number of amides is 1. The number of anilines is 1. The highest BCUT2D eigenvalue weighted by molar-refractivity contribution is 5.94. The molecule has 0 unspecified atom stereocenters. The predicted octanol–water partition coefficient (Wildman–Crippen LogP) is 3.47. The second-order valence-corrected chi connectivity index (χ2v) is 7.60. The van der Waals surface area contributed by atoms with Crippen molar-refractivity contribution < 1.29 is 23.8 Å². The normalized spacial score (nSPS) is 10.8. The number of carbonyl (C=O) groups excluding carboxylic acids is 1. The highest BCUT2D eigenvalue weighted by Gasteiger charge is 2.13. The molecule has 0 aliphatic carbocycles. The van der Waals surface area contributed by atoms with E-state index in [1.807, 2.05) is 0 Å². The number of nitrogens with one attached hydrogen (secondary N) is 1. The third kappa shape index (κ3) is 4.93. The molecule has 3 aromatic carbocycles. The smallest absolute Gasteiger partial charge is 0.335 e. The topological polar surface area (TPSA) is 111 Å². The summed E-state index contributed by atoms with van der Waals surface area (Å²) in [5.41, 5.74) is 1.18. The molecule has 4 rings (SSSR count). The molecule has 0 aliphatic rings. The molecule has 8 nitrogen and oxygen atoms in total. The van der Waals surface area contributed by atoms with Crippen LogP contribution in [0.3, 0.4) is 0 Å². The van der Waals surface area contributed by atoms with Gasteiger partial charge in [0, 0.05) is 6.07 Å². The summed E-state index contributed by atoms with van der Waals surface area (Å²) in [6.45, 7) is 0.151. The lowest BCUT2D eigenvalue weighted by Crippen LogP contribution is -2.22. The van der Waals surface area contributed by atoms with Crippen LogP contribution in [0.1, 0.15) is 21.5 Å². The van der Waals surface area contributed by atoms with Crippen molar-refractivity contribution in [2.75, 3.05) is 12.4 Å². The number of carbonyl (C=O) groups is 2. The highest BCUT2D eigenvalue weighted by Crippen LogP contribution is 2.20. The van der Waals surface area contributed by atoms with E-state index < -0.39 is 23.3 Å². The monoisotopic (exact) mass is 461 g/mol. The summed E-state index contributed by atoms with van der Waals surface area (Å²) >= 11 is 0. The summed E-state index contributed by atoms with van der Waals surface area (Å²) in [5, 5.41) is 11.7. The van der Waals surface area contributed by atoms with Crippen LogP contribution >= 0.6 is 0 Å². The van der Waals surface area contributed by atoms with Crippen LogP contribution < -0.4 is 15.6 Å². The molecule has 0 radical (unpaired) electrons. The SMILES string of the molecule is COc1ccc(CC(=O)Nc2cc3c(=O)n(Cc4ccc(C(=O)O)cc4)cnc3cc2F)cc1. The number of carboxylic acids is 1. The number of aromatic nitrogens is 2. The molecule has 0 atom stereocenters. The quantitative estimate of drug-likeness (QED) is 0.436. The number of methoxy groups -OCH3 is 1. The summed E-state index contributed by atoms with van der Waals surface area (Å²) in [4.78, 5) is 40.6. The number of rotatable bonds is 7. The lowest BCUT2D eigenvalue weighted by atomic mass is 10.1. The summed E-state index contributed by atoms with van der Waals surface area (Å²) in [7, 11) is 1.54. The standard InChI is InChI=1S/C25H20FN3O5/c1-34-18-8-4-15(5-9-18)10-23(30)28-22-11-19-21(12-20(22)26)27-14-29(24(19)31)13-16-2-6-17(7-3-16)25(32)33/h2-9,11-12,14H,10,13H2,1H3,(H,28,30)(H,32,33). The van der Waals surface area contributed by atoms with Crippen molar-refractivity contribution in [1.82, 2.24) is 9.55 Å². The Morgan fingerprint density at radius 3 is 2.38 bits per heavy atom. The molecule has 172 valence electrons. The van der Waals surface area contributed by atoms with Crippen molar-refractivity contribution in [3.05, 3.63) is 99.9 Å². The van der Waals surface area contributed by atoms with Crippen molar-refractivity contribution >= 4 is 28.5 Å². The van der Waals surface area contributed by atoms with Crippen molar-refractivity contribution in [2.24, 2.45) is 0 Å². The van der Waals surface area contributed by atoms with E-state index in [0.29, 0.717) is 11.3 Å². The number of hydrogen-bond acceptors (Lipinski definition) is 5. The number of fused-ring (bicyclic) bond motifs is 1. The molecule has 9 heteroatoms. The Kier molecular flexibility index (Phi) is 6.35. The van der Waals surface area contributed by atoms with E-state index in [9.17, 15) is 18.8 Å². The number of ether oxygens (including phenoxy) is 1. The van der Waals surface area contributed by atoms with Crippen LogP contribution in [0, 0.1) is 5.82 Å². The number of nitrogens with zero attached hydrogens (tertiary/aromatic N) is 2. The van der Waals surface area contributed by atoms with Crippen LogP contribution in [0.5, 0.6) is 5.75 Å². The van der Waals surface area contributed by atoms with Gasteiger partial charge in [-0.3, -0.25) is 14.2 Å². The average molecular weight is 461 g/mol. The maximum atomic E-state index is 14.6. The zero-order valence-corrected chi connectivity index (χ0v) is 18.1. The molecule has 4 aromatic rings. The van der Waals surface area contributed by atoms with Crippen LogP contribution in [-0.2, 0) is 17.8 Å². The van der Waals surface area contributed by atoms with Crippen LogP contribution in [0.15, 0.2) is 71.8 Å². The van der Waals surface area contributed by atoms with Crippen molar-refractivity contribution in [3.63, 3.8) is 0 Å². The minimum atomic E-state index is -1.04. The van der Waals surface area contributed by atoms with E-state index in [1.165, 1.54) is 29.1 Å². The molecule has 0 saturated carbocycles. The number of benzene rings is 3. The van der Waals surface area contributed by atoms with Crippen LogP contribution in [0.2, 0.25) is 0 Å². The third-order valence-electron chi connectivity index (χ3n) is 5.26. The maximum absolute atomic E-state index is 14.6. The highest BCUT2D eigenvalue weighted by atomic mass is 19.1. The van der Waals surface area contributed by atoms with Gasteiger partial charge in [0.15, 0.2) is 0 Å². The lowest BCUT2D eigenvalue weighted by Gasteiger charge is -2.10. The van der Waals surface area contributed by atoms with Crippen molar-refractivity contribution in [2.45, 2.75) is 13.0 Å². The summed E-state index contributed by atoms with van der Waals surface area (Å²) in [6.07, 6.45) is 1.32. The molecule has 1 amide bonds. The van der Waals surface area contributed by atoms with Gasteiger partial charge < -0.3 is 15.2 Å². The van der Waals surface area contributed by atoms with E-state index in [1.54, 1.807) is 43.5 Å². The number of hydrogen-bond donors (Lipinski definition) is 2. The minimum absolute atomic E-state index is 0.0189. The molecule has 2 N–H and O–H groups in total. The number of halogens is 1. The van der Waals surface area contributed by atoms with E-state index in [-0.39, 0.29) is 35.1 Å². The summed E-state index contributed by atoms with van der Waals surface area (Å²) in [5.74, 6) is -1.53. The third-order valence-corrected chi connectivity index (χ3v) is 5.26. The molecule has 1 aromatic heterocycles. The van der Waals surface area contributed by atoms with Gasteiger partial charge in [-0.25, -0.2) is 14.2 Å². The van der Waals surface area contributed by atoms with Gasteiger partial charge in [0.25, 0.3) is 5.56 Å². The van der Waals surface area contributed by atoms with E-state index in [4.69, 9.17) is 9.84 Å². The number of carboxylic acid groups (broad SMARTS) is 1. The first-order valence-corrected chi connectivity index (χ1v) is 10.3. The fraction of sp³-hybridized carbons (Fsp3) is 0.120. The Balaban J connectivity index is 1.56. The van der Waals surface area contributed by atoms with Gasteiger partial charge in [-0.1, -0.05) is 24.3 Å². The van der Waals surface area contributed by atoms with E-state index >= 15 is 0 Å². The minimum Gasteiger partial charge on any atom is -0.497 e. The van der Waals surface area contributed by atoms with E-state index in [2.05, 4.69) is 10.3 Å². The first-order valence-electron chi connectivity index (χ1n) is 10.3. The molecule has 0 spiro atoms. The Hall–Kier alpha value is -4.53. The zero-order chi connectivity index (χ0) is 24.2. The van der Waals surface area contributed by atoms with Gasteiger partial charge >= 0.3 is 5.97 Å². The Morgan fingerprint density at radius 1 is 1.06 bits per heavy atom. The van der Waals surface area contributed by atoms with Gasteiger partial charge in [0.1, 0.15) is 11.6 Å². The molecular formula is C25H20FN3O5. The number of aromatic carboxylic acids is 1. The maximum Gasteiger partial charge on any atom is 0.335 e. The second-order valence-electron chi connectivity index (χ2n) is 7.60. The summed E-state index contributed by atoms with van der Waals surface area (Å²) in [6, 6.07) is 15.4. The average Bonchev–Trinajstić information content (AvgIpc) is 2.82. The first kappa shape index (κ1) is 22.7. The Bertz CT molecular complexity index is 1430. The molecule has 0 saturated heterocycles. The van der Waals surface area contributed by atoms with Crippen LogP contribution in [-0.4, -0.2) is 33.6 Å². The molecule has 0 bridgehead atoms. The zero-order valence-electron chi connectivity index (χ0n) is 18.1. The molecule has 34 heavy (non-hydrogen) atoms. The Labute approximate surface area is 193 Å². The molecule has 0 fully saturated rings. The van der Waals surface area contributed by atoms with Crippen molar-refractivity contribution in [1.29, 1.82) is 0 Å². The lowest BCUT2D eigenvalue weighted by molar-refractivity contribution is -0.115. The molecule has 0 aliphatic heterocycles. The van der Waals surface area contributed by atoms with Gasteiger partial charge in [0.2, 0.25) is 5.91 Å². The fourth-order valence-corrected chi connectivity index (χ4v) is 3.46. The van der Waals surface area contributed by atoms with Gasteiger partial charge in [-0.05, 0) is 41.5 Å². The fourth-order valence-electron chi connectivity index (χ4n) is 3.46. The summed E-state index contributed by atoms with van der Waals surface area (Å²) < 4.78 is 21.0. The Morgan fingerprint density at radius 2 is 1.74 bits per heavy atom. The van der Waals surface area contributed by atoms with Crippen molar-refractivity contribution in [3.8, 4) is 5.75 Å². The van der Waals surface area contributed by atoms with Gasteiger partial charge in [0.05, 0.1) is 48.6 Å². The van der Waals surface area contributed by atoms with Crippen LogP contribution in [0.25, 0.3) is 10.9 Å². The van der Waals surface area contributed by atoms with Gasteiger partial charge in [-0.2, -0.15) is 0 Å². The van der Waals surface area contributed by atoms with Crippen LogP contribution in [0.4, 0.5) is 10.1 Å².